The average Bonchev–Trinajstić information content (AvgIpc) is 2.86. The van der Waals surface area contributed by atoms with Gasteiger partial charge in [-0.25, -0.2) is 13.4 Å². The predicted octanol–water partition coefficient (Wildman–Crippen LogP) is 2.09. The van der Waals surface area contributed by atoms with Crippen LogP contribution in [0, 0.1) is 13.8 Å². The Morgan fingerprint density at radius 1 is 1.28 bits per heavy atom. The Morgan fingerprint density at radius 2 is 1.97 bits per heavy atom. The van der Waals surface area contributed by atoms with E-state index in [-0.39, 0.29) is 6.04 Å². The van der Waals surface area contributed by atoms with Gasteiger partial charge >= 0.3 is 0 Å². The van der Waals surface area contributed by atoms with Gasteiger partial charge in [0.05, 0.1) is 24.2 Å². The van der Waals surface area contributed by atoms with Crippen LogP contribution in [0.4, 0.5) is 5.69 Å². The maximum absolute atomic E-state index is 11.6. The van der Waals surface area contributed by atoms with Crippen LogP contribution >= 0.6 is 0 Å². The minimum Gasteiger partial charge on any atom is -0.357 e. The molecule has 0 saturated carbocycles. The first kappa shape index (κ1) is 22.7. The van der Waals surface area contributed by atoms with Gasteiger partial charge in [-0.15, -0.1) is 0 Å². The van der Waals surface area contributed by atoms with Crippen molar-refractivity contribution in [2.75, 3.05) is 17.5 Å². The molecule has 1 aromatic carbocycles. The second-order valence-electron chi connectivity index (χ2n) is 7.25. The second kappa shape index (κ2) is 9.78. The van der Waals surface area contributed by atoms with Crippen LogP contribution < -0.4 is 15.4 Å². The van der Waals surface area contributed by atoms with E-state index in [0.717, 1.165) is 30.5 Å². The smallest absolute Gasteiger partial charge is 0.229 e. The molecule has 0 amide bonds. The fourth-order valence-corrected chi connectivity index (χ4v) is 3.74. The summed E-state index contributed by atoms with van der Waals surface area (Å²) in [6.07, 6.45) is 1.98. The van der Waals surface area contributed by atoms with Gasteiger partial charge in [-0.3, -0.25) is 9.40 Å². The van der Waals surface area contributed by atoms with E-state index in [1.807, 2.05) is 37.7 Å². The number of para-hydroxylation sites is 1. The molecule has 3 N–H and O–H groups in total. The first-order valence-electron chi connectivity index (χ1n) is 9.70. The molecule has 0 saturated heterocycles. The molecule has 29 heavy (non-hydrogen) atoms. The first-order valence-corrected chi connectivity index (χ1v) is 11.6. The van der Waals surface area contributed by atoms with E-state index < -0.39 is 10.0 Å². The van der Waals surface area contributed by atoms with Gasteiger partial charge in [0, 0.05) is 25.3 Å². The summed E-state index contributed by atoms with van der Waals surface area (Å²) in [5, 5.41) is 11.2. The molecular formula is C20H32N6O2S. The number of hydrogen-bond donors (Lipinski definition) is 3. The quantitative estimate of drug-likeness (QED) is 0.448. The number of guanidine groups is 1. The Hall–Kier alpha value is -2.55. The van der Waals surface area contributed by atoms with Crippen LogP contribution in [0.15, 0.2) is 29.3 Å². The lowest BCUT2D eigenvalue weighted by atomic mass is 10.1. The van der Waals surface area contributed by atoms with Gasteiger partial charge in [-0.05, 0) is 51.3 Å². The third-order valence-corrected chi connectivity index (χ3v) is 5.21. The Balaban J connectivity index is 2.12. The highest BCUT2D eigenvalue weighted by atomic mass is 32.2. The van der Waals surface area contributed by atoms with Crippen molar-refractivity contribution >= 4 is 21.7 Å². The topological polar surface area (TPSA) is 100 Å². The molecule has 8 nitrogen and oxygen atoms in total. The first-order chi connectivity index (χ1) is 13.6. The van der Waals surface area contributed by atoms with Crippen molar-refractivity contribution in [3.8, 4) is 0 Å². The van der Waals surface area contributed by atoms with Gasteiger partial charge in [0.25, 0.3) is 0 Å². The number of nitrogens with zero attached hydrogens (tertiary/aromatic N) is 3. The number of anilines is 1. The standard InChI is InChI=1S/C20H32N6O2S/c1-7-21-20(23-14(2)12-18-15(3)24-26(5)16(18)4)22-13-17-10-8-9-11-19(17)25-29(6,27)28/h8-11,14,25H,7,12-13H2,1-6H3,(H2,21,22,23). The molecule has 0 radical (unpaired) electrons. The fraction of sp³-hybridized carbons (Fsp3) is 0.500. The van der Waals surface area contributed by atoms with Gasteiger partial charge in [0.2, 0.25) is 10.0 Å². The number of nitrogens with one attached hydrogen (secondary N) is 3. The molecule has 0 aliphatic rings. The molecule has 0 spiro atoms. The van der Waals surface area contributed by atoms with Crippen molar-refractivity contribution in [1.82, 2.24) is 20.4 Å². The Morgan fingerprint density at radius 3 is 2.55 bits per heavy atom. The van der Waals surface area contributed by atoms with Crippen LogP contribution in [0.25, 0.3) is 0 Å². The number of sulfonamides is 1. The van der Waals surface area contributed by atoms with Gasteiger partial charge < -0.3 is 10.6 Å². The van der Waals surface area contributed by atoms with E-state index in [2.05, 4.69) is 39.3 Å². The lowest BCUT2D eigenvalue weighted by Gasteiger charge is -2.18. The maximum atomic E-state index is 11.6. The number of rotatable bonds is 8. The van der Waals surface area contributed by atoms with Crippen molar-refractivity contribution in [3.63, 3.8) is 0 Å². The Bertz CT molecular complexity index is 965. The monoisotopic (exact) mass is 420 g/mol. The fourth-order valence-electron chi connectivity index (χ4n) is 3.15. The van der Waals surface area contributed by atoms with Crippen molar-refractivity contribution in [2.45, 2.75) is 46.7 Å². The van der Waals surface area contributed by atoms with Gasteiger partial charge in [0.15, 0.2) is 5.96 Å². The number of benzene rings is 1. The zero-order chi connectivity index (χ0) is 21.6. The molecule has 2 rings (SSSR count). The predicted molar refractivity (Wildman–Crippen MR) is 119 cm³/mol. The summed E-state index contributed by atoms with van der Waals surface area (Å²) in [5.74, 6) is 0.688. The van der Waals surface area contributed by atoms with Crippen LogP contribution in [0.1, 0.15) is 36.4 Å². The third-order valence-electron chi connectivity index (χ3n) is 4.62. The lowest BCUT2D eigenvalue weighted by molar-refractivity contribution is 0.606. The summed E-state index contributed by atoms with van der Waals surface area (Å²) in [7, 11) is -1.39. The number of aromatic nitrogens is 2. The SMILES string of the molecule is CCNC(=NCc1ccccc1NS(C)(=O)=O)NC(C)Cc1c(C)nn(C)c1C. The molecule has 1 unspecified atom stereocenters. The molecule has 2 aromatic rings. The van der Waals surface area contributed by atoms with Crippen molar-refractivity contribution in [3.05, 3.63) is 46.8 Å². The molecular weight excluding hydrogens is 388 g/mol. The largest absolute Gasteiger partial charge is 0.357 e. The van der Waals surface area contributed by atoms with E-state index in [9.17, 15) is 8.42 Å². The van der Waals surface area contributed by atoms with E-state index in [1.54, 1.807) is 12.1 Å². The molecule has 1 atom stereocenters. The summed E-state index contributed by atoms with van der Waals surface area (Å²) in [4.78, 5) is 4.64. The minimum atomic E-state index is -3.35. The molecule has 0 aliphatic carbocycles. The highest BCUT2D eigenvalue weighted by Gasteiger charge is 2.14. The highest BCUT2D eigenvalue weighted by molar-refractivity contribution is 7.92. The molecule has 1 aromatic heterocycles. The Kier molecular flexibility index (Phi) is 7.66. The summed E-state index contributed by atoms with van der Waals surface area (Å²) < 4.78 is 27.6. The molecule has 0 bridgehead atoms. The van der Waals surface area contributed by atoms with E-state index in [4.69, 9.17) is 0 Å². The number of aryl methyl sites for hydroxylation is 2. The molecule has 160 valence electrons. The summed E-state index contributed by atoms with van der Waals surface area (Å²) >= 11 is 0. The number of hydrogen-bond acceptors (Lipinski definition) is 4. The minimum absolute atomic E-state index is 0.152. The van der Waals surface area contributed by atoms with Crippen molar-refractivity contribution in [1.29, 1.82) is 0 Å². The lowest BCUT2D eigenvalue weighted by Crippen LogP contribution is -2.43. The summed E-state index contributed by atoms with van der Waals surface area (Å²) in [5.41, 5.74) is 4.80. The molecule has 0 aliphatic heterocycles. The van der Waals surface area contributed by atoms with Crippen molar-refractivity contribution < 1.29 is 8.42 Å². The molecule has 9 heteroatoms. The normalized spacial score (nSPS) is 13.2. The van der Waals surface area contributed by atoms with E-state index >= 15 is 0 Å². The van der Waals surface area contributed by atoms with Gasteiger partial charge in [0.1, 0.15) is 0 Å². The molecule has 0 fully saturated rings. The maximum Gasteiger partial charge on any atom is 0.229 e. The zero-order valence-corrected chi connectivity index (χ0v) is 18.9. The van der Waals surface area contributed by atoms with E-state index in [1.165, 1.54) is 11.3 Å². The third kappa shape index (κ3) is 6.77. The number of aliphatic imine (C=N–C) groups is 1. The van der Waals surface area contributed by atoms with Gasteiger partial charge in [-0.2, -0.15) is 5.10 Å². The van der Waals surface area contributed by atoms with Crippen LogP contribution in [0.2, 0.25) is 0 Å². The summed E-state index contributed by atoms with van der Waals surface area (Å²) in [6.45, 7) is 9.31. The van der Waals surface area contributed by atoms with Crippen molar-refractivity contribution in [2.24, 2.45) is 12.0 Å². The van der Waals surface area contributed by atoms with E-state index in [0.29, 0.717) is 18.2 Å². The van der Waals surface area contributed by atoms with Crippen LogP contribution in [0.5, 0.6) is 0 Å². The Labute approximate surface area is 173 Å². The second-order valence-corrected chi connectivity index (χ2v) is 9.00. The summed E-state index contributed by atoms with van der Waals surface area (Å²) in [6, 6.07) is 7.42. The van der Waals surface area contributed by atoms with Gasteiger partial charge in [-0.1, -0.05) is 18.2 Å². The van der Waals surface area contributed by atoms with Crippen LogP contribution in [-0.4, -0.2) is 43.0 Å². The van der Waals surface area contributed by atoms with Crippen LogP contribution in [-0.2, 0) is 30.0 Å². The average molecular weight is 421 g/mol. The highest BCUT2D eigenvalue weighted by Crippen LogP contribution is 2.17. The van der Waals surface area contributed by atoms with Crippen LogP contribution in [0.3, 0.4) is 0 Å². The zero-order valence-electron chi connectivity index (χ0n) is 18.1. The molecule has 1 heterocycles.